The summed E-state index contributed by atoms with van der Waals surface area (Å²) in [5.41, 5.74) is 5.83. The Bertz CT molecular complexity index is 514. The zero-order valence-corrected chi connectivity index (χ0v) is 8.33. The Kier molecular flexibility index (Phi) is 2.77. The van der Waals surface area contributed by atoms with Gasteiger partial charge < -0.3 is 10.5 Å². The summed E-state index contributed by atoms with van der Waals surface area (Å²) in [7, 11) is 0. The molecule has 1 heterocycles. The molecule has 5 nitrogen and oxygen atoms in total. The van der Waals surface area contributed by atoms with E-state index in [4.69, 9.17) is 10.5 Å². The molecule has 0 bridgehead atoms. The van der Waals surface area contributed by atoms with Gasteiger partial charge in [-0.25, -0.2) is 4.98 Å². The van der Waals surface area contributed by atoms with Gasteiger partial charge in [-0.2, -0.15) is 0 Å². The summed E-state index contributed by atoms with van der Waals surface area (Å²) in [5.74, 6) is 1.47. The quantitative estimate of drug-likeness (QED) is 0.798. The lowest BCUT2D eigenvalue weighted by Gasteiger charge is -2.05. The summed E-state index contributed by atoms with van der Waals surface area (Å²) in [6.07, 6.45) is 1.55. The van der Waals surface area contributed by atoms with E-state index < -0.39 is 0 Å². The largest absolute Gasteiger partial charge is 0.457 e. The van der Waals surface area contributed by atoms with Gasteiger partial charge in [-0.15, -0.1) is 4.91 Å². The Hall–Kier alpha value is -2.43. The number of pyridine rings is 1. The van der Waals surface area contributed by atoms with Gasteiger partial charge in [0.15, 0.2) is 0 Å². The maximum atomic E-state index is 10.3. The maximum Gasteiger partial charge on any atom is 0.132 e. The van der Waals surface area contributed by atoms with Crippen LogP contribution in [0.15, 0.2) is 47.8 Å². The predicted octanol–water partition coefficient (Wildman–Crippen LogP) is 2.85. The first-order valence-corrected chi connectivity index (χ1v) is 4.61. The number of ether oxygens (including phenoxy) is 1. The van der Waals surface area contributed by atoms with E-state index in [1.807, 2.05) is 0 Å². The summed E-state index contributed by atoms with van der Waals surface area (Å²) in [5, 5.41) is 2.82. The van der Waals surface area contributed by atoms with Gasteiger partial charge in [0, 0.05) is 18.3 Å². The third kappa shape index (κ3) is 2.33. The monoisotopic (exact) mass is 215 g/mol. The lowest BCUT2D eigenvalue weighted by Crippen LogP contribution is -1.90. The van der Waals surface area contributed by atoms with Crippen LogP contribution in [0.25, 0.3) is 0 Å². The Morgan fingerprint density at radius 3 is 2.75 bits per heavy atom. The highest BCUT2D eigenvalue weighted by Crippen LogP contribution is 2.25. The molecule has 1 aromatic heterocycles. The molecule has 1 aromatic carbocycles. The van der Waals surface area contributed by atoms with Crippen molar-refractivity contribution in [2.45, 2.75) is 0 Å². The Balaban J connectivity index is 2.23. The molecule has 0 saturated carbocycles. The standard InChI is InChI=1S/C11H9N3O2/c12-11-7-10(4-5-13-11)16-9-3-1-2-8(6-9)14-15/h1-7H,(H2,12,13). The van der Waals surface area contributed by atoms with Crippen LogP contribution in [0.1, 0.15) is 0 Å². The molecule has 0 spiro atoms. The first-order chi connectivity index (χ1) is 7.78. The van der Waals surface area contributed by atoms with Gasteiger partial charge >= 0.3 is 0 Å². The summed E-state index contributed by atoms with van der Waals surface area (Å²) in [6.45, 7) is 0. The molecule has 0 aliphatic rings. The highest BCUT2D eigenvalue weighted by molar-refractivity contribution is 5.45. The van der Waals surface area contributed by atoms with Gasteiger partial charge in [0.2, 0.25) is 0 Å². The van der Waals surface area contributed by atoms with Crippen molar-refractivity contribution in [3.8, 4) is 11.5 Å². The average Bonchev–Trinajstić information content (AvgIpc) is 2.29. The number of aromatic nitrogens is 1. The number of anilines is 1. The zero-order chi connectivity index (χ0) is 11.4. The molecule has 16 heavy (non-hydrogen) atoms. The van der Waals surface area contributed by atoms with Crippen LogP contribution < -0.4 is 10.5 Å². The van der Waals surface area contributed by atoms with E-state index in [2.05, 4.69) is 10.2 Å². The van der Waals surface area contributed by atoms with Crippen molar-refractivity contribution >= 4 is 11.5 Å². The summed E-state index contributed by atoms with van der Waals surface area (Å²) >= 11 is 0. The van der Waals surface area contributed by atoms with E-state index >= 15 is 0 Å². The fourth-order valence-corrected chi connectivity index (χ4v) is 1.23. The number of hydrogen-bond donors (Lipinski definition) is 1. The molecule has 0 atom stereocenters. The number of rotatable bonds is 3. The van der Waals surface area contributed by atoms with Crippen LogP contribution in [0, 0.1) is 4.91 Å². The molecule has 0 radical (unpaired) electrons. The number of hydrogen-bond acceptors (Lipinski definition) is 5. The highest BCUT2D eigenvalue weighted by atomic mass is 16.5. The van der Waals surface area contributed by atoms with Crippen LogP contribution in [-0.4, -0.2) is 4.98 Å². The van der Waals surface area contributed by atoms with E-state index in [0.29, 0.717) is 23.0 Å². The molecule has 0 amide bonds. The lowest BCUT2D eigenvalue weighted by atomic mass is 10.3. The summed E-state index contributed by atoms with van der Waals surface area (Å²) < 4.78 is 5.48. The van der Waals surface area contributed by atoms with E-state index in [1.54, 1.807) is 42.6 Å². The molecule has 2 aromatic rings. The molecule has 0 aliphatic heterocycles. The first-order valence-electron chi connectivity index (χ1n) is 4.61. The Morgan fingerprint density at radius 1 is 1.19 bits per heavy atom. The van der Waals surface area contributed by atoms with Gasteiger partial charge in [-0.1, -0.05) is 6.07 Å². The van der Waals surface area contributed by atoms with E-state index in [-0.39, 0.29) is 0 Å². The fourth-order valence-electron chi connectivity index (χ4n) is 1.23. The van der Waals surface area contributed by atoms with Crippen LogP contribution in [0.2, 0.25) is 0 Å². The van der Waals surface area contributed by atoms with Gasteiger partial charge in [-0.3, -0.25) is 0 Å². The van der Waals surface area contributed by atoms with Crippen LogP contribution in [-0.2, 0) is 0 Å². The second-order valence-electron chi connectivity index (χ2n) is 3.11. The van der Waals surface area contributed by atoms with Crippen LogP contribution in [0.3, 0.4) is 0 Å². The second kappa shape index (κ2) is 4.39. The minimum absolute atomic E-state index is 0.319. The zero-order valence-electron chi connectivity index (χ0n) is 8.33. The SMILES string of the molecule is Nc1cc(Oc2cccc(N=O)c2)ccn1. The number of nitrogens with two attached hydrogens (primary N) is 1. The maximum absolute atomic E-state index is 10.3. The Labute approximate surface area is 91.9 Å². The molecule has 2 N–H and O–H groups in total. The van der Waals surface area contributed by atoms with Crippen molar-refractivity contribution in [3.05, 3.63) is 47.5 Å². The fraction of sp³-hybridized carbons (Fsp3) is 0. The molecule has 0 aliphatic carbocycles. The highest BCUT2D eigenvalue weighted by Gasteiger charge is 1.99. The van der Waals surface area contributed by atoms with Crippen molar-refractivity contribution in [3.63, 3.8) is 0 Å². The van der Waals surface area contributed by atoms with Crippen LogP contribution >= 0.6 is 0 Å². The van der Waals surface area contributed by atoms with Crippen molar-refractivity contribution in [1.82, 2.24) is 4.98 Å². The number of nitroso groups, excluding NO2 is 1. The molecule has 0 saturated heterocycles. The second-order valence-corrected chi connectivity index (χ2v) is 3.11. The molecular formula is C11H9N3O2. The molecular weight excluding hydrogens is 206 g/mol. The molecule has 0 fully saturated rings. The smallest absolute Gasteiger partial charge is 0.132 e. The number of nitrogens with zero attached hydrogens (tertiary/aromatic N) is 2. The van der Waals surface area contributed by atoms with E-state index in [9.17, 15) is 4.91 Å². The minimum Gasteiger partial charge on any atom is -0.457 e. The van der Waals surface area contributed by atoms with Gasteiger partial charge in [0.1, 0.15) is 23.0 Å². The van der Waals surface area contributed by atoms with E-state index in [1.165, 1.54) is 0 Å². The summed E-state index contributed by atoms with van der Waals surface area (Å²) in [6, 6.07) is 9.84. The van der Waals surface area contributed by atoms with E-state index in [0.717, 1.165) is 0 Å². The van der Waals surface area contributed by atoms with Crippen LogP contribution in [0.4, 0.5) is 11.5 Å². The third-order valence-corrected chi connectivity index (χ3v) is 1.91. The topological polar surface area (TPSA) is 77.6 Å². The predicted molar refractivity (Wildman–Crippen MR) is 60.6 cm³/mol. The molecule has 80 valence electrons. The number of benzene rings is 1. The Morgan fingerprint density at radius 2 is 2.00 bits per heavy atom. The van der Waals surface area contributed by atoms with Crippen molar-refractivity contribution in [2.75, 3.05) is 5.73 Å². The van der Waals surface area contributed by atoms with Crippen molar-refractivity contribution in [1.29, 1.82) is 0 Å². The summed E-state index contributed by atoms with van der Waals surface area (Å²) in [4.78, 5) is 14.2. The first kappa shape index (κ1) is 10.1. The third-order valence-electron chi connectivity index (χ3n) is 1.91. The minimum atomic E-state index is 0.319. The van der Waals surface area contributed by atoms with Gasteiger partial charge in [0.25, 0.3) is 0 Å². The molecule has 0 unspecified atom stereocenters. The van der Waals surface area contributed by atoms with Crippen molar-refractivity contribution < 1.29 is 4.74 Å². The average molecular weight is 215 g/mol. The lowest BCUT2D eigenvalue weighted by molar-refractivity contribution is 0.482. The van der Waals surface area contributed by atoms with Crippen LogP contribution in [0.5, 0.6) is 11.5 Å². The van der Waals surface area contributed by atoms with Gasteiger partial charge in [-0.05, 0) is 23.4 Å². The molecule has 2 rings (SSSR count). The van der Waals surface area contributed by atoms with Gasteiger partial charge in [0.05, 0.1) is 0 Å². The molecule has 5 heteroatoms. The number of nitrogen functional groups attached to an aromatic ring is 1. The normalized spacial score (nSPS) is 9.75. The van der Waals surface area contributed by atoms with Crippen molar-refractivity contribution in [2.24, 2.45) is 5.18 Å².